The molecule has 0 saturated heterocycles. The molecule has 0 aliphatic rings. The van der Waals surface area contributed by atoms with Gasteiger partial charge in [0.15, 0.2) is 11.5 Å². The zero-order valence-electron chi connectivity index (χ0n) is 11.8. The van der Waals surface area contributed by atoms with Crippen molar-refractivity contribution in [3.8, 4) is 11.5 Å². The van der Waals surface area contributed by atoms with Crippen molar-refractivity contribution in [3.05, 3.63) is 23.8 Å². The van der Waals surface area contributed by atoms with Gasteiger partial charge in [-0.15, -0.1) is 0 Å². The van der Waals surface area contributed by atoms with Crippen LogP contribution in [0.1, 0.15) is 32.4 Å². The van der Waals surface area contributed by atoms with Gasteiger partial charge in [0.2, 0.25) is 0 Å². The third-order valence-corrected chi connectivity index (χ3v) is 3.92. The molecule has 0 fully saturated rings. The highest BCUT2D eigenvalue weighted by Crippen LogP contribution is 2.32. The Morgan fingerprint density at radius 2 is 1.78 bits per heavy atom. The normalized spacial score (nSPS) is 13.2. The molecule has 0 bridgehead atoms. The first-order valence-corrected chi connectivity index (χ1v) is 6.97. The quantitative estimate of drug-likeness (QED) is 0.891. The lowest BCUT2D eigenvalue weighted by Gasteiger charge is -2.21. The van der Waals surface area contributed by atoms with Gasteiger partial charge in [-0.2, -0.15) is 11.8 Å². The number of benzene rings is 1. The van der Waals surface area contributed by atoms with Crippen LogP contribution in [0.3, 0.4) is 0 Å². The van der Waals surface area contributed by atoms with E-state index in [-0.39, 0.29) is 10.8 Å². The molecule has 0 amide bonds. The number of rotatable bonds is 5. The number of hydrogen-bond acceptors (Lipinski definition) is 4. The van der Waals surface area contributed by atoms with E-state index in [9.17, 15) is 0 Å². The van der Waals surface area contributed by atoms with Gasteiger partial charge in [-0.3, -0.25) is 0 Å². The topological polar surface area (TPSA) is 44.5 Å². The lowest BCUT2D eigenvalue weighted by molar-refractivity contribution is 0.354. The van der Waals surface area contributed by atoms with Crippen LogP contribution in [0.5, 0.6) is 11.5 Å². The van der Waals surface area contributed by atoms with E-state index in [4.69, 9.17) is 15.2 Å². The zero-order chi connectivity index (χ0) is 13.8. The summed E-state index contributed by atoms with van der Waals surface area (Å²) in [5, 5.41) is 0. The Kier molecular flexibility index (Phi) is 5.35. The number of nitrogens with two attached hydrogens (primary N) is 1. The van der Waals surface area contributed by atoms with E-state index in [1.54, 1.807) is 14.2 Å². The van der Waals surface area contributed by atoms with Crippen LogP contribution in [0.2, 0.25) is 0 Å². The smallest absolute Gasteiger partial charge is 0.161 e. The molecular formula is C14H23NO2S. The van der Waals surface area contributed by atoms with Crippen LogP contribution in [-0.4, -0.2) is 24.7 Å². The van der Waals surface area contributed by atoms with E-state index < -0.39 is 0 Å². The Morgan fingerprint density at radius 1 is 1.17 bits per heavy atom. The molecule has 0 heterocycles. The van der Waals surface area contributed by atoms with Crippen LogP contribution in [-0.2, 0) is 0 Å². The first-order valence-electron chi connectivity index (χ1n) is 5.99. The Balaban J connectivity index is 2.77. The van der Waals surface area contributed by atoms with E-state index >= 15 is 0 Å². The lowest BCUT2D eigenvalue weighted by atomic mass is 10.1. The summed E-state index contributed by atoms with van der Waals surface area (Å²) in [5.41, 5.74) is 7.27. The van der Waals surface area contributed by atoms with Gasteiger partial charge in [0.1, 0.15) is 0 Å². The molecule has 0 radical (unpaired) electrons. The standard InChI is InChI=1S/C14H23NO2S/c1-14(2,3)18-9-11(15)10-6-7-12(16-4)13(8-10)17-5/h6-8,11H,9,15H2,1-5H3. The second-order valence-electron chi connectivity index (χ2n) is 5.14. The summed E-state index contributed by atoms with van der Waals surface area (Å²) in [4.78, 5) is 0. The highest BCUT2D eigenvalue weighted by molar-refractivity contribution is 8.00. The van der Waals surface area contributed by atoms with Gasteiger partial charge in [-0.25, -0.2) is 0 Å². The van der Waals surface area contributed by atoms with Crippen LogP contribution in [0.15, 0.2) is 18.2 Å². The third kappa shape index (κ3) is 4.42. The summed E-state index contributed by atoms with van der Waals surface area (Å²) in [6, 6.07) is 5.85. The fraction of sp³-hybridized carbons (Fsp3) is 0.571. The molecular weight excluding hydrogens is 246 g/mol. The van der Waals surface area contributed by atoms with Crippen molar-refractivity contribution in [1.82, 2.24) is 0 Å². The first-order chi connectivity index (χ1) is 8.37. The molecule has 1 aromatic rings. The van der Waals surface area contributed by atoms with E-state index in [2.05, 4.69) is 20.8 Å². The van der Waals surface area contributed by atoms with Gasteiger partial charge in [0, 0.05) is 16.5 Å². The minimum atomic E-state index is 0.00836. The average Bonchev–Trinajstić information content (AvgIpc) is 2.34. The molecule has 0 aliphatic heterocycles. The van der Waals surface area contributed by atoms with Crippen molar-refractivity contribution in [2.24, 2.45) is 5.73 Å². The molecule has 18 heavy (non-hydrogen) atoms. The fourth-order valence-corrected chi connectivity index (χ4v) is 2.39. The predicted molar refractivity (Wildman–Crippen MR) is 78.7 cm³/mol. The second kappa shape index (κ2) is 6.34. The monoisotopic (exact) mass is 269 g/mol. The van der Waals surface area contributed by atoms with Crippen molar-refractivity contribution in [1.29, 1.82) is 0 Å². The highest BCUT2D eigenvalue weighted by atomic mass is 32.2. The van der Waals surface area contributed by atoms with Crippen LogP contribution >= 0.6 is 11.8 Å². The zero-order valence-corrected chi connectivity index (χ0v) is 12.6. The van der Waals surface area contributed by atoms with E-state index in [0.29, 0.717) is 0 Å². The predicted octanol–water partition coefficient (Wildman–Crippen LogP) is 3.24. The Bertz CT molecular complexity index is 388. The maximum absolute atomic E-state index is 6.20. The molecule has 0 aliphatic carbocycles. The van der Waals surface area contributed by atoms with Crippen LogP contribution in [0, 0.1) is 0 Å². The van der Waals surface area contributed by atoms with Crippen molar-refractivity contribution in [3.63, 3.8) is 0 Å². The molecule has 3 nitrogen and oxygen atoms in total. The van der Waals surface area contributed by atoms with Gasteiger partial charge >= 0.3 is 0 Å². The second-order valence-corrected chi connectivity index (χ2v) is 6.99. The number of ether oxygens (including phenoxy) is 2. The van der Waals surface area contributed by atoms with Gasteiger partial charge in [0.25, 0.3) is 0 Å². The van der Waals surface area contributed by atoms with Crippen molar-refractivity contribution >= 4 is 11.8 Å². The number of thioether (sulfide) groups is 1. The first kappa shape index (κ1) is 15.2. The van der Waals surface area contributed by atoms with Gasteiger partial charge in [-0.1, -0.05) is 26.8 Å². The highest BCUT2D eigenvalue weighted by Gasteiger charge is 2.15. The molecule has 0 aromatic heterocycles. The summed E-state index contributed by atoms with van der Waals surface area (Å²) < 4.78 is 10.7. The Morgan fingerprint density at radius 3 is 2.28 bits per heavy atom. The Hall–Kier alpha value is -0.870. The van der Waals surface area contributed by atoms with Crippen LogP contribution < -0.4 is 15.2 Å². The molecule has 4 heteroatoms. The minimum Gasteiger partial charge on any atom is -0.493 e. The summed E-state index contributed by atoms with van der Waals surface area (Å²) >= 11 is 1.86. The Labute approximate surface area is 114 Å². The van der Waals surface area contributed by atoms with Gasteiger partial charge < -0.3 is 15.2 Å². The average molecular weight is 269 g/mol. The summed E-state index contributed by atoms with van der Waals surface area (Å²) in [5.74, 6) is 2.35. The maximum atomic E-state index is 6.20. The van der Waals surface area contributed by atoms with E-state index in [0.717, 1.165) is 22.8 Å². The van der Waals surface area contributed by atoms with Gasteiger partial charge in [-0.05, 0) is 17.7 Å². The molecule has 2 N–H and O–H groups in total. The SMILES string of the molecule is COc1ccc(C(N)CSC(C)(C)C)cc1OC. The molecule has 102 valence electrons. The molecule has 1 aromatic carbocycles. The summed E-state index contributed by atoms with van der Waals surface area (Å²) in [7, 11) is 3.27. The largest absolute Gasteiger partial charge is 0.493 e. The molecule has 0 saturated carbocycles. The minimum absolute atomic E-state index is 0.00836. The summed E-state index contributed by atoms with van der Waals surface area (Å²) in [6.45, 7) is 6.58. The van der Waals surface area contributed by atoms with Crippen molar-refractivity contribution in [2.75, 3.05) is 20.0 Å². The molecule has 1 unspecified atom stereocenters. The number of methoxy groups -OCH3 is 2. The lowest BCUT2D eigenvalue weighted by Crippen LogP contribution is -2.18. The third-order valence-electron chi connectivity index (χ3n) is 2.53. The van der Waals surface area contributed by atoms with Crippen LogP contribution in [0.4, 0.5) is 0 Å². The van der Waals surface area contributed by atoms with Crippen LogP contribution in [0.25, 0.3) is 0 Å². The fourth-order valence-electron chi connectivity index (χ4n) is 1.52. The molecule has 0 spiro atoms. The van der Waals surface area contributed by atoms with E-state index in [1.807, 2.05) is 30.0 Å². The summed E-state index contributed by atoms with van der Waals surface area (Å²) in [6.07, 6.45) is 0. The van der Waals surface area contributed by atoms with E-state index in [1.165, 1.54) is 0 Å². The maximum Gasteiger partial charge on any atom is 0.161 e. The van der Waals surface area contributed by atoms with Crippen molar-refractivity contribution in [2.45, 2.75) is 31.6 Å². The molecule has 1 rings (SSSR count). The number of hydrogen-bond donors (Lipinski definition) is 1. The van der Waals surface area contributed by atoms with Gasteiger partial charge in [0.05, 0.1) is 14.2 Å². The molecule has 1 atom stereocenters. The van der Waals surface area contributed by atoms with Crippen molar-refractivity contribution < 1.29 is 9.47 Å².